The molecule has 0 spiro atoms. The second-order valence-electron chi connectivity index (χ2n) is 8.96. The van der Waals surface area contributed by atoms with Crippen molar-refractivity contribution >= 4 is 10.0 Å². The summed E-state index contributed by atoms with van der Waals surface area (Å²) in [5, 5.41) is 0. The van der Waals surface area contributed by atoms with Crippen LogP contribution in [0.4, 0.5) is 8.78 Å². The Balaban J connectivity index is 1.24. The molecule has 0 N–H and O–H groups in total. The van der Waals surface area contributed by atoms with Gasteiger partial charge in [0.25, 0.3) is 5.92 Å². The Hall–Kier alpha value is -2.17. The maximum atomic E-state index is 13.7. The number of nitrogens with zero attached hydrogens (tertiary/aromatic N) is 4. The van der Waals surface area contributed by atoms with Crippen molar-refractivity contribution in [3.8, 4) is 5.88 Å². The highest BCUT2D eigenvalue weighted by Crippen LogP contribution is 2.38. The topological polar surface area (TPSA) is 75.6 Å². The number of sulfonamides is 1. The molecule has 10 heteroatoms. The number of rotatable bonds is 6. The van der Waals surface area contributed by atoms with E-state index in [0.29, 0.717) is 44.4 Å². The lowest BCUT2D eigenvalue weighted by molar-refractivity contribution is 0.0172. The molecule has 1 aromatic heterocycles. The second kappa shape index (κ2) is 8.00. The van der Waals surface area contributed by atoms with Crippen LogP contribution in [0.1, 0.15) is 43.4 Å². The summed E-state index contributed by atoms with van der Waals surface area (Å²) in [4.78, 5) is 10.9. The van der Waals surface area contributed by atoms with E-state index in [1.807, 2.05) is 0 Å². The van der Waals surface area contributed by atoms with Crippen LogP contribution in [0.5, 0.6) is 5.88 Å². The summed E-state index contributed by atoms with van der Waals surface area (Å²) in [5.41, 5.74) is 0.701. The number of piperazine rings is 1. The quantitative estimate of drug-likeness (QED) is 0.654. The molecule has 7 nitrogen and oxygen atoms in total. The first-order chi connectivity index (χ1) is 15.2. The van der Waals surface area contributed by atoms with E-state index in [4.69, 9.17) is 4.74 Å². The summed E-state index contributed by atoms with van der Waals surface area (Å²) in [5.74, 6) is -2.07. The smallest absolute Gasteiger partial charge is 0.270 e. The summed E-state index contributed by atoms with van der Waals surface area (Å²) in [7, 11) is -3.86. The first-order valence-corrected chi connectivity index (χ1v) is 12.4. The molecule has 3 aliphatic rings. The van der Waals surface area contributed by atoms with Crippen molar-refractivity contribution in [3.63, 3.8) is 0 Å². The number of benzene rings is 1. The molecule has 0 radical (unpaired) electrons. The van der Waals surface area contributed by atoms with Gasteiger partial charge in [0.15, 0.2) is 0 Å². The largest absolute Gasteiger partial charge is 0.472 e. The highest BCUT2D eigenvalue weighted by Gasteiger charge is 2.41. The zero-order chi connectivity index (χ0) is 22.5. The lowest BCUT2D eigenvalue weighted by Crippen LogP contribution is -2.51. The van der Waals surface area contributed by atoms with Gasteiger partial charge in [0.1, 0.15) is 6.10 Å². The Morgan fingerprint density at radius 3 is 2.62 bits per heavy atom. The molecule has 1 aromatic carbocycles. The van der Waals surface area contributed by atoms with Crippen LogP contribution in [0, 0.1) is 0 Å². The molecule has 0 amide bonds. The lowest BCUT2D eigenvalue weighted by atomic mass is 10.1. The fourth-order valence-electron chi connectivity index (χ4n) is 4.50. The van der Waals surface area contributed by atoms with Crippen LogP contribution in [0.2, 0.25) is 0 Å². The number of fused-ring (bicyclic) bond motifs is 1. The van der Waals surface area contributed by atoms with Gasteiger partial charge in [0.05, 0.1) is 23.0 Å². The van der Waals surface area contributed by atoms with Crippen LogP contribution in [-0.2, 0) is 15.9 Å². The molecule has 1 aliphatic carbocycles. The fraction of sp³-hybridized carbons (Fsp3) is 0.545. The van der Waals surface area contributed by atoms with Crippen LogP contribution in [0.3, 0.4) is 0 Å². The molecule has 5 rings (SSSR count). The number of aromatic nitrogens is 2. The standard InChI is InChI=1S/C22H26F2N4O3S/c1-22(23,24)16-3-2-4-19(9-16)32(29,30)28-8-7-27-14-18(10-17(27)13-28)31-21-12-25-20(11-26-21)15-5-6-15/h2-4,9,11-12,15,17-18H,5-8,10,13-14H2,1H3/t17-,18+/m0/s1. The van der Waals surface area contributed by atoms with Gasteiger partial charge in [-0.25, -0.2) is 22.2 Å². The molecule has 2 atom stereocenters. The SMILES string of the molecule is CC(F)(F)c1cccc(S(=O)(=O)N2CCN3C[C@H](Oc4cnc(C5CC5)cn4)C[C@H]3C2)c1. The molecular weight excluding hydrogens is 438 g/mol. The minimum Gasteiger partial charge on any atom is -0.472 e. The molecule has 1 saturated carbocycles. The Labute approximate surface area is 186 Å². The molecule has 0 bridgehead atoms. The van der Waals surface area contributed by atoms with E-state index in [0.717, 1.165) is 18.7 Å². The van der Waals surface area contributed by atoms with Crippen molar-refractivity contribution in [2.24, 2.45) is 0 Å². The van der Waals surface area contributed by atoms with Crippen molar-refractivity contribution in [2.45, 2.75) is 55.1 Å². The minimum absolute atomic E-state index is 0.0121. The van der Waals surface area contributed by atoms with E-state index >= 15 is 0 Å². The molecule has 172 valence electrons. The molecule has 2 saturated heterocycles. The first-order valence-electron chi connectivity index (χ1n) is 10.9. The second-order valence-corrected chi connectivity index (χ2v) is 10.9. The normalized spacial score (nSPS) is 25.0. The maximum Gasteiger partial charge on any atom is 0.270 e. The number of hydrogen-bond acceptors (Lipinski definition) is 6. The first kappa shape index (κ1) is 21.7. The van der Waals surface area contributed by atoms with Crippen molar-refractivity contribution in [1.29, 1.82) is 0 Å². The van der Waals surface area contributed by atoms with Crippen LogP contribution < -0.4 is 4.74 Å². The van der Waals surface area contributed by atoms with Crippen LogP contribution in [-0.4, -0.2) is 65.9 Å². The third-order valence-electron chi connectivity index (χ3n) is 6.45. The van der Waals surface area contributed by atoms with Gasteiger partial charge >= 0.3 is 0 Å². The Kier molecular flexibility index (Phi) is 5.42. The summed E-state index contributed by atoms with van der Waals surface area (Å²) < 4.78 is 61.1. The van der Waals surface area contributed by atoms with Gasteiger partial charge in [-0.1, -0.05) is 12.1 Å². The molecule has 32 heavy (non-hydrogen) atoms. The predicted molar refractivity (Wildman–Crippen MR) is 113 cm³/mol. The van der Waals surface area contributed by atoms with E-state index in [1.54, 1.807) is 12.4 Å². The average Bonchev–Trinajstić information content (AvgIpc) is 3.53. The average molecular weight is 465 g/mol. The molecule has 3 fully saturated rings. The predicted octanol–water partition coefficient (Wildman–Crippen LogP) is 2.99. The van der Waals surface area contributed by atoms with Crippen molar-refractivity contribution < 1.29 is 21.9 Å². The molecule has 2 aliphatic heterocycles. The Morgan fingerprint density at radius 1 is 1.12 bits per heavy atom. The summed E-state index contributed by atoms with van der Waals surface area (Å²) in [6.07, 6.45) is 6.35. The van der Waals surface area contributed by atoms with Crippen molar-refractivity contribution in [1.82, 2.24) is 19.2 Å². The fourth-order valence-corrected chi connectivity index (χ4v) is 6.01. The third kappa shape index (κ3) is 4.35. The van der Waals surface area contributed by atoms with Crippen LogP contribution in [0.25, 0.3) is 0 Å². The van der Waals surface area contributed by atoms with Gasteiger partial charge in [-0.2, -0.15) is 4.31 Å². The molecular formula is C22H26F2N4O3S. The van der Waals surface area contributed by atoms with Crippen molar-refractivity contribution in [2.75, 3.05) is 26.2 Å². The molecule has 3 heterocycles. The number of alkyl halides is 2. The van der Waals surface area contributed by atoms with Gasteiger partial charge in [0, 0.05) is 57.0 Å². The number of halogens is 2. The Morgan fingerprint density at radius 2 is 1.94 bits per heavy atom. The molecule has 2 aromatic rings. The van der Waals surface area contributed by atoms with E-state index < -0.39 is 15.9 Å². The monoisotopic (exact) mass is 464 g/mol. The van der Waals surface area contributed by atoms with Crippen LogP contribution >= 0.6 is 0 Å². The van der Waals surface area contributed by atoms with E-state index in [1.165, 1.54) is 35.3 Å². The van der Waals surface area contributed by atoms with E-state index in [9.17, 15) is 17.2 Å². The summed E-state index contributed by atoms with van der Waals surface area (Å²) in [6.45, 7) is 2.65. The molecule has 0 unspecified atom stereocenters. The number of hydrogen-bond donors (Lipinski definition) is 0. The highest BCUT2D eigenvalue weighted by molar-refractivity contribution is 7.89. The van der Waals surface area contributed by atoms with Gasteiger partial charge in [0.2, 0.25) is 15.9 Å². The van der Waals surface area contributed by atoms with E-state index in [2.05, 4.69) is 14.9 Å². The zero-order valence-electron chi connectivity index (χ0n) is 17.8. The number of ether oxygens (including phenoxy) is 1. The minimum atomic E-state index is -3.86. The zero-order valence-corrected chi connectivity index (χ0v) is 18.6. The van der Waals surface area contributed by atoms with Crippen LogP contribution in [0.15, 0.2) is 41.6 Å². The van der Waals surface area contributed by atoms with Gasteiger partial charge in [-0.15, -0.1) is 0 Å². The third-order valence-corrected chi connectivity index (χ3v) is 8.31. The highest BCUT2D eigenvalue weighted by atomic mass is 32.2. The van der Waals surface area contributed by atoms with Gasteiger partial charge in [-0.05, 0) is 25.0 Å². The Bertz CT molecular complexity index is 1090. The van der Waals surface area contributed by atoms with Gasteiger partial charge in [-0.3, -0.25) is 9.88 Å². The van der Waals surface area contributed by atoms with Crippen molar-refractivity contribution in [3.05, 3.63) is 47.9 Å². The van der Waals surface area contributed by atoms with E-state index in [-0.39, 0.29) is 22.6 Å². The lowest BCUT2D eigenvalue weighted by Gasteiger charge is -2.36. The summed E-state index contributed by atoms with van der Waals surface area (Å²) >= 11 is 0. The van der Waals surface area contributed by atoms with Gasteiger partial charge < -0.3 is 4.74 Å². The maximum absolute atomic E-state index is 13.7. The summed E-state index contributed by atoms with van der Waals surface area (Å²) in [6, 6.07) is 5.08.